The van der Waals surface area contributed by atoms with Gasteiger partial charge in [-0.2, -0.15) is 0 Å². The number of guanidine groups is 1. The Morgan fingerprint density at radius 3 is 2.72 bits per heavy atom. The van der Waals surface area contributed by atoms with Gasteiger partial charge in [-0.05, 0) is 33.3 Å². The van der Waals surface area contributed by atoms with Crippen molar-refractivity contribution in [3.05, 3.63) is 23.2 Å². The molecule has 0 fully saturated rings. The highest BCUT2D eigenvalue weighted by atomic mass is 16.3. The molecule has 1 heterocycles. The molecule has 5 nitrogen and oxygen atoms in total. The highest BCUT2D eigenvalue weighted by Crippen LogP contribution is 2.20. The molecule has 0 spiro atoms. The molecule has 1 aromatic heterocycles. The van der Waals surface area contributed by atoms with Gasteiger partial charge in [-0.25, -0.2) is 5.84 Å². The Kier molecular flexibility index (Phi) is 5.71. The summed E-state index contributed by atoms with van der Waals surface area (Å²) in [5.74, 6) is 7.92. The molecule has 1 rings (SSSR count). The van der Waals surface area contributed by atoms with Gasteiger partial charge in [0.2, 0.25) is 5.96 Å². The molecule has 1 unspecified atom stereocenters. The molecule has 0 aliphatic carbocycles. The van der Waals surface area contributed by atoms with Gasteiger partial charge in [0.1, 0.15) is 11.5 Å². The molecular weight excluding hydrogens is 228 g/mol. The topological polar surface area (TPSA) is 75.6 Å². The number of aliphatic imine (C=N–C) groups is 1. The van der Waals surface area contributed by atoms with Crippen molar-refractivity contribution >= 4 is 5.96 Å². The van der Waals surface area contributed by atoms with Crippen molar-refractivity contribution in [1.82, 2.24) is 10.7 Å². The lowest BCUT2D eigenvalue weighted by Gasteiger charge is -2.16. The first-order valence-electron chi connectivity index (χ1n) is 6.43. The molecule has 0 saturated heterocycles. The number of nitrogens with one attached hydrogen (secondary N) is 2. The zero-order chi connectivity index (χ0) is 13.5. The number of aryl methyl sites for hydroxylation is 2. The molecule has 0 aromatic carbocycles. The van der Waals surface area contributed by atoms with Crippen LogP contribution >= 0.6 is 0 Å². The average Bonchev–Trinajstić information content (AvgIpc) is 2.67. The van der Waals surface area contributed by atoms with Crippen LogP contribution in [-0.4, -0.2) is 12.5 Å². The maximum atomic E-state index is 5.52. The third kappa shape index (κ3) is 4.07. The molecule has 18 heavy (non-hydrogen) atoms. The van der Waals surface area contributed by atoms with E-state index in [1.165, 1.54) is 0 Å². The predicted molar refractivity (Wildman–Crippen MR) is 74.3 cm³/mol. The Balaban J connectivity index is 2.64. The van der Waals surface area contributed by atoms with Gasteiger partial charge < -0.3 is 9.73 Å². The average molecular weight is 252 g/mol. The van der Waals surface area contributed by atoms with Crippen molar-refractivity contribution in [2.75, 3.05) is 6.54 Å². The van der Waals surface area contributed by atoms with E-state index in [0.29, 0.717) is 5.96 Å². The number of nitrogens with zero attached hydrogens (tertiary/aromatic N) is 1. The van der Waals surface area contributed by atoms with Gasteiger partial charge in [0, 0.05) is 12.1 Å². The van der Waals surface area contributed by atoms with E-state index >= 15 is 0 Å². The quantitative estimate of drug-likeness (QED) is 0.247. The Bertz CT molecular complexity index is 398. The Hall–Kier alpha value is -1.49. The summed E-state index contributed by atoms with van der Waals surface area (Å²) >= 11 is 0. The number of nitrogens with two attached hydrogens (primary N) is 1. The molecule has 0 radical (unpaired) electrons. The molecule has 1 aromatic rings. The summed E-state index contributed by atoms with van der Waals surface area (Å²) in [7, 11) is 0. The lowest BCUT2D eigenvalue weighted by Crippen LogP contribution is -2.42. The fourth-order valence-corrected chi connectivity index (χ4v) is 1.85. The van der Waals surface area contributed by atoms with E-state index in [0.717, 1.165) is 36.5 Å². The number of hydrogen-bond acceptors (Lipinski definition) is 3. The molecule has 0 bridgehead atoms. The first-order chi connectivity index (χ1) is 8.58. The highest BCUT2D eigenvalue weighted by molar-refractivity contribution is 5.79. The predicted octanol–water partition coefficient (Wildman–Crippen LogP) is 2.17. The van der Waals surface area contributed by atoms with E-state index in [-0.39, 0.29) is 6.04 Å². The zero-order valence-corrected chi connectivity index (χ0v) is 11.7. The van der Waals surface area contributed by atoms with Gasteiger partial charge in [-0.1, -0.05) is 13.3 Å². The van der Waals surface area contributed by atoms with Crippen LogP contribution in [0.2, 0.25) is 0 Å². The molecular formula is C13H24N4O. The molecule has 0 aliphatic heterocycles. The second kappa shape index (κ2) is 7.06. The standard InChI is InChI=1S/C13H24N4O/c1-5-6-7-15-13(17-14)16-10(3)12-8-9(2)18-11(12)4/h8,10H,5-7,14H2,1-4H3,(H2,15,16,17). The summed E-state index contributed by atoms with van der Waals surface area (Å²) < 4.78 is 5.52. The van der Waals surface area contributed by atoms with Gasteiger partial charge in [0.15, 0.2) is 0 Å². The van der Waals surface area contributed by atoms with Crippen LogP contribution in [0.1, 0.15) is 49.8 Å². The van der Waals surface area contributed by atoms with Crippen LogP contribution in [-0.2, 0) is 0 Å². The van der Waals surface area contributed by atoms with Crippen molar-refractivity contribution in [3.8, 4) is 0 Å². The molecule has 5 heteroatoms. The van der Waals surface area contributed by atoms with Crippen molar-refractivity contribution < 1.29 is 4.42 Å². The molecule has 0 saturated carbocycles. The van der Waals surface area contributed by atoms with E-state index in [4.69, 9.17) is 10.3 Å². The number of hydrazine groups is 1. The zero-order valence-electron chi connectivity index (χ0n) is 11.7. The molecule has 0 amide bonds. The summed E-state index contributed by atoms with van der Waals surface area (Å²) in [6.07, 6.45) is 2.18. The van der Waals surface area contributed by atoms with Crippen LogP contribution in [0, 0.1) is 13.8 Å². The maximum Gasteiger partial charge on any atom is 0.206 e. The summed E-state index contributed by atoms with van der Waals surface area (Å²) in [5.41, 5.74) is 3.73. The van der Waals surface area contributed by atoms with Crippen molar-refractivity contribution in [1.29, 1.82) is 0 Å². The first kappa shape index (κ1) is 14.6. The highest BCUT2D eigenvalue weighted by Gasteiger charge is 2.13. The third-order valence-corrected chi connectivity index (χ3v) is 2.82. The van der Waals surface area contributed by atoms with E-state index in [2.05, 4.69) is 29.6 Å². The Morgan fingerprint density at radius 2 is 2.22 bits per heavy atom. The van der Waals surface area contributed by atoms with Gasteiger partial charge in [-0.15, -0.1) is 0 Å². The minimum atomic E-state index is 0.110. The number of unbranched alkanes of at least 4 members (excludes halogenated alkanes) is 1. The van der Waals surface area contributed by atoms with Crippen LogP contribution in [0.3, 0.4) is 0 Å². The molecule has 0 aliphatic rings. The summed E-state index contributed by atoms with van der Waals surface area (Å²) in [6, 6.07) is 2.14. The van der Waals surface area contributed by atoms with E-state index < -0.39 is 0 Å². The van der Waals surface area contributed by atoms with E-state index in [9.17, 15) is 0 Å². The van der Waals surface area contributed by atoms with Gasteiger partial charge in [0.25, 0.3) is 0 Å². The van der Waals surface area contributed by atoms with Gasteiger partial charge in [-0.3, -0.25) is 10.4 Å². The van der Waals surface area contributed by atoms with E-state index in [1.807, 2.05) is 19.9 Å². The van der Waals surface area contributed by atoms with E-state index in [1.54, 1.807) is 0 Å². The second-order valence-corrected chi connectivity index (χ2v) is 4.46. The summed E-state index contributed by atoms with van der Waals surface area (Å²) in [5, 5.41) is 3.25. The van der Waals surface area contributed by atoms with Crippen LogP contribution < -0.4 is 16.6 Å². The number of furan rings is 1. The van der Waals surface area contributed by atoms with Crippen molar-refractivity contribution in [2.45, 2.75) is 46.6 Å². The lowest BCUT2D eigenvalue weighted by atomic mass is 10.1. The molecule has 4 N–H and O–H groups in total. The summed E-state index contributed by atoms with van der Waals surface area (Å²) in [4.78, 5) is 4.37. The second-order valence-electron chi connectivity index (χ2n) is 4.46. The first-order valence-corrected chi connectivity index (χ1v) is 6.43. The molecule has 102 valence electrons. The van der Waals surface area contributed by atoms with Crippen molar-refractivity contribution in [2.24, 2.45) is 10.8 Å². The third-order valence-electron chi connectivity index (χ3n) is 2.82. The van der Waals surface area contributed by atoms with Crippen LogP contribution in [0.5, 0.6) is 0 Å². The number of hydrogen-bond donors (Lipinski definition) is 3. The smallest absolute Gasteiger partial charge is 0.206 e. The SMILES string of the molecule is CCCCN=C(NN)NC(C)c1cc(C)oc1C. The Morgan fingerprint density at radius 1 is 1.50 bits per heavy atom. The van der Waals surface area contributed by atoms with Crippen LogP contribution in [0.4, 0.5) is 0 Å². The van der Waals surface area contributed by atoms with Gasteiger partial charge >= 0.3 is 0 Å². The summed E-state index contributed by atoms with van der Waals surface area (Å²) in [6.45, 7) is 8.88. The molecule has 1 atom stereocenters. The monoisotopic (exact) mass is 252 g/mol. The fourth-order valence-electron chi connectivity index (χ4n) is 1.85. The van der Waals surface area contributed by atoms with Gasteiger partial charge in [0.05, 0.1) is 6.04 Å². The van der Waals surface area contributed by atoms with Crippen LogP contribution in [0.25, 0.3) is 0 Å². The number of rotatable bonds is 5. The van der Waals surface area contributed by atoms with Crippen molar-refractivity contribution in [3.63, 3.8) is 0 Å². The normalized spacial score (nSPS) is 13.5. The lowest BCUT2D eigenvalue weighted by molar-refractivity contribution is 0.496. The minimum Gasteiger partial charge on any atom is -0.466 e. The largest absolute Gasteiger partial charge is 0.466 e. The minimum absolute atomic E-state index is 0.110. The Labute approximate surface area is 109 Å². The fraction of sp³-hybridized carbons (Fsp3) is 0.615. The maximum absolute atomic E-state index is 5.52. The van der Waals surface area contributed by atoms with Crippen LogP contribution in [0.15, 0.2) is 15.5 Å².